The second kappa shape index (κ2) is 4.03. The predicted molar refractivity (Wildman–Crippen MR) is 70.9 cm³/mol. The summed E-state index contributed by atoms with van der Waals surface area (Å²) >= 11 is 5.99. The Hall–Kier alpha value is -2.00. The highest BCUT2D eigenvalue weighted by atomic mass is 35.5. The number of phenols is 1. The Bertz CT molecular complexity index is 734. The van der Waals surface area contributed by atoms with Crippen molar-refractivity contribution in [1.29, 1.82) is 0 Å². The number of halogens is 1. The molecule has 0 aliphatic heterocycles. The molecule has 0 fully saturated rings. The van der Waals surface area contributed by atoms with Gasteiger partial charge in [-0.05, 0) is 48.9 Å². The average Bonchev–Trinajstić information content (AvgIpc) is 2.72. The van der Waals surface area contributed by atoms with E-state index in [2.05, 4.69) is 5.16 Å². The third-order valence-electron chi connectivity index (χ3n) is 2.89. The summed E-state index contributed by atoms with van der Waals surface area (Å²) in [5.41, 5.74) is 2.59. The topological polar surface area (TPSA) is 46.3 Å². The SMILES string of the molecule is Cc1cc(O)ccc1-c1onc2ccc(Cl)cc12. The molecule has 1 heterocycles. The first-order chi connectivity index (χ1) is 8.65. The summed E-state index contributed by atoms with van der Waals surface area (Å²) in [5.74, 6) is 0.906. The molecule has 0 spiro atoms. The van der Waals surface area contributed by atoms with Crippen LogP contribution >= 0.6 is 11.6 Å². The quantitative estimate of drug-likeness (QED) is 0.714. The molecule has 4 heteroatoms. The maximum absolute atomic E-state index is 9.43. The maximum Gasteiger partial charge on any atom is 0.175 e. The van der Waals surface area contributed by atoms with Crippen molar-refractivity contribution in [2.75, 3.05) is 0 Å². The number of hydrogen-bond acceptors (Lipinski definition) is 3. The van der Waals surface area contributed by atoms with Gasteiger partial charge in [0.2, 0.25) is 0 Å². The predicted octanol–water partition coefficient (Wildman–Crippen LogP) is 4.16. The summed E-state index contributed by atoms with van der Waals surface area (Å²) in [5, 5.41) is 14.9. The van der Waals surface area contributed by atoms with E-state index >= 15 is 0 Å². The Balaban J connectivity index is 2.28. The Morgan fingerprint density at radius 3 is 2.78 bits per heavy atom. The highest BCUT2D eigenvalue weighted by Crippen LogP contribution is 2.33. The van der Waals surface area contributed by atoms with E-state index in [1.807, 2.05) is 25.1 Å². The van der Waals surface area contributed by atoms with Gasteiger partial charge < -0.3 is 9.63 Å². The van der Waals surface area contributed by atoms with Crippen molar-refractivity contribution < 1.29 is 9.63 Å². The van der Waals surface area contributed by atoms with E-state index in [4.69, 9.17) is 16.1 Å². The molecule has 1 aromatic heterocycles. The molecule has 1 N–H and O–H groups in total. The summed E-state index contributed by atoms with van der Waals surface area (Å²) in [6, 6.07) is 10.6. The smallest absolute Gasteiger partial charge is 0.175 e. The van der Waals surface area contributed by atoms with Gasteiger partial charge in [0, 0.05) is 10.6 Å². The monoisotopic (exact) mass is 259 g/mol. The van der Waals surface area contributed by atoms with Crippen LogP contribution in [0.25, 0.3) is 22.2 Å². The number of phenolic OH excluding ortho intramolecular Hbond substituents is 1. The summed E-state index contributed by atoms with van der Waals surface area (Å²) in [4.78, 5) is 0. The second-order valence-electron chi connectivity index (χ2n) is 4.17. The minimum atomic E-state index is 0.234. The lowest BCUT2D eigenvalue weighted by atomic mass is 10.0. The molecule has 90 valence electrons. The lowest BCUT2D eigenvalue weighted by molar-refractivity contribution is 0.440. The molecule has 0 bridgehead atoms. The number of aromatic nitrogens is 1. The van der Waals surface area contributed by atoms with Crippen molar-refractivity contribution >= 4 is 22.5 Å². The minimum Gasteiger partial charge on any atom is -0.508 e. The number of aromatic hydroxyl groups is 1. The average molecular weight is 260 g/mol. The Kier molecular flexibility index (Phi) is 2.49. The molecule has 0 radical (unpaired) electrons. The van der Waals surface area contributed by atoms with Crippen LogP contribution in [0.2, 0.25) is 5.02 Å². The minimum absolute atomic E-state index is 0.234. The van der Waals surface area contributed by atoms with E-state index in [-0.39, 0.29) is 5.75 Å². The molecule has 0 atom stereocenters. The van der Waals surface area contributed by atoms with E-state index in [1.54, 1.807) is 18.2 Å². The molecule has 3 nitrogen and oxygen atoms in total. The largest absolute Gasteiger partial charge is 0.508 e. The van der Waals surface area contributed by atoms with E-state index < -0.39 is 0 Å². The fourth-order valence-corrected chi connectivity index (χ4v) is 2.18. The maximum atomic E-state index is 9.43. The standard InChI is InChI=1S/C14H10ClNO2/c1-8-6-10(17)3-4-11(8)14-12-7-9(15)2-5-13(12)16-18-14/h2-7,17H,1H3. The normalized spacial score (nSPS) is 11.0. The summed E-state index contributed by atoms with van der Waals surface area (Å²) in [6.07, 6.45) is 0. The first kappa shape index (κ1) is 11.1. The molecular weight excluding hydrogens is 250 g/mol. The first-order valence-electron chi connectivity index (χ1n) is 5.50. The van der Waals surface area contributed by atoms with Gasteiger partial charge in [0.15, 0.2) is 5.76 Å². The van der Waals surface area contributed by atoms with Crippen LogP contribution in [0, 0.1) is 6.92 Å². The number of rotatable bonds is 1. The molecule has 0 amide bonds. The van der Waals surface area contributed by atoms with Crippen molar-refractivity contribution in [3.8, 4) is 17.1 Å². The van der Waals surface area contributed by atoms with Crippen LogP contribution in [0.5, 0.6) is 5.75 Å². The fourth-order valence-electron chi connectivity index (χ4n) is 2.01. The molecule has 0 aliphatic carbocycles. The van der Waals surface area contributed by atoms with Crippen LogP contribution in [-0.4, -0.2) is 10.3 Å². The number of fused-ring (bicyclic) bond motifs is 1. The third kappa shape index (κ3) is 1.73. The van der Waals surface area contributed by atoms with Crippen molar-refractivity contribution in [2.45, 2.75) is 6.92 Å². The molecule has 3 rings (SSSR count). The highest BCUT2D eigenvalue weighted by Gasteiger charge is 2.13. The van der Waals surface area contributed by atoms with Gasteiger partial charge in [-0.25, -0.2) is 0 Å². The lowest BCUT2D eigenvalue weighted by Crippen LogP contribution is -1.81. The van der Waals surface area contributed by atoms with Gasteiger partial charge in [0.25, 0.3) is 0 Å². The number of benzene rings is 2. The van der Waals surface area contributed by atoms with Gasteiger partial charge in [-0.15, -0.1) is 0 Å². The zero-order valence-corrected chi connectivity index (χ0v) is 10.4. The van der Waals surface area contributed by atoms with Crippen molar-refractivity contribution in [3.63, 3.8) is 0 Å². The fraction of sp³-hybridized carbons (Fsp3) is 0.0714. The summed E-state index contributed by atoms with van der Waals surface area (Å²) in [7, 11) is 0. The van der Waals surface area contributed by atoms with Gasteiger partial charge >= 0.3 is 0 Å². The second-order valence-corrected chi connectivity index (χ2v) is 4.61. The summed E-state index contributed by atoms with van der Waals surface area (Å²) in [6.45, 7) is 1.91. The molecule has 0 unspecified atom stereocenters. The zero-order valence-electron chi connectivity index (χ0n) is 9.64. The van der Waals surface area contributed by atoms with Gasteiger partial charge in [0.1, 0.15) is 11.3 Å². The van der Waals surface area contributed by atoms with Crippen LogP contribution in [0.1, 0.15) is 5.56 Å². The van der Waals surface area contributed by atoms with E-state index in [9.17, 15) is 5.11 Å². The van der Waals surface area contributed by atoms with E-state index in [1.165, 1.54) is 0 Å². The third-order valence-corrected chi connectivity index (χ3v) is 3.13. The molecule has 0 aliphatic rings. The van der Waals surface area contributed by atoms with Gasteiger partial charge in [-0.3, -0.25) is 0 Å². The Morgan fingerprint density at radius 1 is 1.17 bits per heavy atom. The van der Waals surface area contributed by atoms with E-state index in [0.717, 1.165) is 22.0 Å². The molecule has 3 aromatic rings. The van der Waals surface area contributed by atoms with Crippen LogP contribution in [-0.2, 0) is 0 Å². The number of aryl methyl sites for hydroxylation is 1. The van der Waals surface area contributed by atoms with Crippen molar-refractivity contribution in [1.82, 2.24) is 5.16 Å². The van der Waals surface area contributed by atoms with Crippen LogP contribution in [0.4, 0.5) is 0 Å². The molecule has 18 heavy (non-hydrogen) atoms. The lowest BCUT2D eigenvalue weighted by Gasteiger charge is -2.02. The van der Waals surface area contributed by atoms with Crippen LogP contribution in [0.3, 0.4) is 0 Å². The van der Waals surface area contributed by atoms with E-state index in [0.29, 0.717) is 10.8 Å². The molecule has 0 saturated heterocycles. The first-order valence-corrected chi connectivity index (χ1v) is 5.88. The van der Waals surface area contributed by atoms with Crippen LogP contribution in [0.15, 0.2) is 40.9 Å². The summed E-state index contributed by atoms with van der Waals surface area (Å²) < 4.78 is 5.39. The number of nitrogens with zero attached hydrogens (tertiary/aromatic N) is 1. The molecular formula is C14H10ClNO2. The van der Waals surface area contributed by atoms with Crippen molar-refractivity contribution in [3.05, 3.63) is 47.0 Å². The van der Waals surface area contributed by atoms with Gasteiger partial charge in [-0.2, -0.15) is 0 Å². The van der Waals surface area contributed by atoms with Gasteiger partial charge in [-0.1, -0.05) is 16.8 Å². The Morgan fingerprint density at radius 2 is 2.00 bits per heavy atom. The van der Waals surface area contributed by atoms with Gasteiger partial charge in [0.05, 0.1) is 5.39 Å². The molecule has 2 aromatic carbocycles. The zero-order chi connectivity index (χ0) is 12.7. The van der Waals surface area contributed by atoms with Crippen molar-refractivity contribution in [2.24, 2.45) is 0 Å². The Labute approximate surface area is 109 Å². The van der Waals surface area contributed by atoms with Crippen LogP contribution < -0.4 is 0 Å². The number of hydrogen-bond donors (Lipinski definition) is 1. The molecule has 0 saturated carbocycles. The highest BCUT2D eigenvalue weighted by molar-refractivity contribution is 6.31.